The summed E-state index contributed by atoms with van der Waals surface area (Å²) in [5.74, 6) is 1.24. The summed E-state index contributed by atoms with van der Waals surface area (Å²) in [5, 5.41) is 33.7. The number of nitrogens with one attached hydrogen (secondary N) is 1. The van der Waals surface area contributed by atoms with E-state index in [4.69, 9.17) is 15.2 Å². The van der Waals surface area contributed by atoms with E-state index in [1.807, 2.05) is 55.5 Å². The van der Waals surface area contributed by atoms with Gasteiger partial charge in [-0.3, -0.25) is 4.57 Å². The predicted octanol–water partition coefficient (Wildman–Crippen LogP) is 1.70. The molecule has 11 nitrogen and oxygen atoms in total. The molecule has 1 aliphatic heterocycles. The second-order valence-corrected chi connectivity index (χ2v) is 8.45. The number of imidazole rings is 1. The number of hydrogen-bond donors (Lipinski definition) is 5. The minimum atomic E-state index is -1.31. The number of ether oxygens (including phenoxy) is 2. The van der Waals surface area contributed by atoms with Crippen molar-refractivity contribution in [2.24, 2.45) is 0 Å². The van der Waals surface area contributed by atoms with E-state index in [0.29, 0.717) is 30.3 Å². The van der Waals surface area contributed by atoms with Crippen molar-refractivity contribution >= 4 is 22.9 Å². The molecule has 4 atom stereocenters. The monoisotopic (exact) mass is 492 g/mol. The average Bonchev–Trinajstić information content (AvgIpc) is 3.41. The zero-order valence-corrected chi connectivity index (χ0v) is 19.7. The van der Waals surface area contributed by atoms with Gasteiger partial charge < -0.3 is 35.8 Å². The number of aromatic nitrogens is 4. The lowest BCUT2D eigenvalue weighted by atomic mass is 10.0. The Morgan fingerprint density at radius 3 is 2.64 bits per heavy atom. The van der Waals surface area contributed by atoms with Gasteiger partial charge in [0, 0.05) is 12.1 Å². The second-order valence-electron chi connectivity index (χ2n) is 8.45. The summed E-state index contributed by atoms with van der Waals surface area (Å²) in [6, 6.07) is 16.0. The number of rotatable bonds is 8. The van der Waals surface area contributed by atoms with Gasteiger partial charge in [0.15, 0.2) is 23.2 Å². The third-order valence-electron chi connectivity index (χ3n) is 6.16. The Morgan fingerprint density at radius 2 is 1.92 bits per heavy atom. The van der Waals surface area contributed by atoms with Crippen LogP contribution in [0.15, 0.2) is 54.9 Å². The molecular formula is C25H28N6O5. The van der Waals surface area contributed by atoms with Crippen LogP contribution in [-0.4, -0.2) is 66.4 Å². The Kier molecular flexibility index (Phi) is 6.70. The van der Waals surface area contributed by atoms with Crippen molar-refractivity contribution in [3.8, 4) is 16.9 Å². The molecule has 36 heavy (non-hydrogen) atoms. The number of nitrogen functional groups attached to an aromatic ring is 1. The van der Waals surface area contributed by atoms with Gasteiger partial charge in [-0.1, -0.05) is 42.5 Å². The third kappa shape index (κ3) is 4.33. The molecule has 3 heterocycles. The maximum Gasteiger partial charge on any atom is 0.207 e. The lowest BCUT2D eigenvalue weighted by molar-refractivity contribution is -0.0501. The molecule has 4 aromatic rings. The summed E-state index contributed by atoms with van der Waals surface area (Å²) in [5.41, 5.74) is 9.65. The van der Waals surface area contributed by atoms with Crippen molar-refractivity contribution in [3.63, 3.8) is 0 Å². The number of aliphatic hydroxyl groups is 3. The Morgan fingerprint density at radius 1 is 1.11 bits per heavy atom. The Labute approximate surface area is 207 Å². The van der Waals surface area contributed by atoms with Crippen molar-refractivity contribution in [3.05, 3.63) is 60.4 Å². The number of fused-ring (bicyclic) bond motifs is 1. The largest absolute Gasteiger partial charge is 0.493 e. The predicted molar refractivity (Wildman–Crippen MR) is 133 cm³/mol. The van der Waals surface area contributed by atoms with Crippen molar-refractivity contribution in [2.75, 3.05) is 24.3 Å². The minimum absolute atomic E-state index is 0.166. The molecular weight excluding hydrogens is 464 g/mol. The van der Waals surface area contributed by atoms with E-state index in [2.05, 4.69) is 20.3 Å². The number of hydrogen-bond acceptors (Lipinski definition) is 10. The first-order valence-electron chi connectivity index (χ1n) is 11.7. The summed E-state index contributed by atoms with van der Waals surface area (Å²) in [6.45, 7) is 2.37. The van der Waals surface area contributed by atoms with E-state index in [1.54, 1.807) is 0 Å². The molecule has 0 unspecified atom stereocenters. The standard InChI is InChI=1S/C25H28N6O5/c1-2-35-17-10-14(8-9-16(17)15-6-4-3-5-7-15)11-27-25-30-19-22(26)28-13-29-23(19)31(25)24-21(34)20(33)18(12-32)36-24/h3-10,13,18,20-21,24,32-34H,2,11-12H2,1H3,(H,27,30)(H2,26,28,29)/t18-,20-,21-,24-/m1/s1. The molecule has 6 N–H and O–H groups in total. The quantitative estimate of drug-likeness (QED) is 0.245. The van der Waals surface area contributed by atoms with Gasteiger partial charge in [0.25, 0.3) is 0 Å². The van der Waals surface area contributed by atoms with Crippen molar-refractivity contribution in [1.82, 2.24) is 19.5 Å². The molecule has 1 aliphatic rings. The van der Waals surface area contributed by atoms with Crippen molar-refractivity contribution < 1.29 is 24.8 Å². The summed E-state index contributed by atoms with van der Waals surface area (Å²) < 4.78 is 13.2. The first kappa shape index (κ1) is 23.9. The van der Waals surface area contributed by atoms with Crippen LogP contribution in [0.25, 0.3) is 22.3 Å². The zero-order valence-electron chi connectivity index (χ0n) is 19.7. The van der Waals surface area contributed by atoms with Crippen LogP contribution in [0.3, 0.4) is 0 Å². The van der Waals surface area contributed by atoms with E-state index >= 15 is 0 Å². The highest BCUT2D eigenvalue weighted by Gasteiger charge is 2.45. The fourth-order valence-electron chi connectivity index (χ4n) is 4.37. The Hall–Kier alpha value is -3.77. The number of benzene rings is 2. The molecule has 2 aromatic heterocycles. The molecule has 2 aromatic carbocycles. The molecule has 0 amide bonds. The molecule has 11 heteroatoms. The van der Waals surface area contributed by atoms with Gasteiger partial charge in [-0.25, -0.2) is 15.0 Å². The SMILES string of the molecule is CCOc1cc(CNc2nc3c(N)ncnc3n2[C@@H]2O[C@H](CO)[C@@H](O)[C@H]2O)ccc1-c1ccccc1. The van der Waals surface area contributed by atoms with Crippen molar-refractivity contribution in [1.29, 1.82) is 0 Å². The number of aliphatic hydroxyl groups excluding tert-OH is 3. The summed E-state index contributed by atoms with van der Waals surface area (Å²) in [6.07, 6.45) is -3.29. The number of anilines is 2. The second kappa shape index (κ2) is 10.1. The maximum absolute atomic E-state index is 10.6. The van der Waals surface area contributed by atoms with E-state index < -0.39 is 31.1 Å². The summed E-state index contributed by atoms with van der Waals surface area (Å²) in [4.78, 5) is 12.8. The van der Waals surface area contributed by atoms with Gasteiger partial charge in [-0.05, 0) is 24.1 Å². The van der Waals surface area contributed by atoms with E-state index in [0.717, 1.165) is 22.4 Å². The minimum Gasteiger partial charge on any atom is -0.493 e. The zero-order chi connectivity index (χ0) is 25.2. The van der Waals surface area contributed by atoms with Crippen LogP contribution in [0.2, 0.25) is 0 Å². The number of nitrogens with two attached hydrogens (primary N) is 1. The molecule has 0 radical (unpaired) electrons. The molecule has 0 spiro atoms. The molecule has 1 fully saturated rings. The molecule has 0 saturated carbocycles. The average molecular weight is 493 g/mol. The van der Waals surface area contributed by atoms with E-state index in [9.17, 15) is 15.3 Å². The summed E-state index contributed by atoms with van der Waals surface area (Å²) >= 11 is 0. The van der Waals surface area contributed by atoms with Crippen LogP contribution in [0.1, 0.15) is 18.7 Å². The molecule has 1 saturated heterocycles. The smallest absolute Gasteiger partial charge is 0.207 e. The maximum atomic E-state index is 10.6. The van der Waals surface area contributed by atoms with Gasteiger partial charge >= 0.3 is 0 Å². The lowest BCUT2D eigenvalue weighted by Crippen LogP contribution is -2.33. The van der Waals surface area contributed by atoms with Gasteiger partial charge in [0.2, 0.25) is 5.95 Å². The highest BCUT2D eigenvalue weighted by molar-refractivity contribution is 5.84. The van der Waals surface area contributed by atoms with Crippen LogP contribution in [-0.2, 0) is 11.3 Å². The van der Waals surface area contributed by atoms with Crippen LogP contribution in [0, 0.1) is 0 Å². The highest BCUT2D eigenvalue weighted by Crippen LogP contribution is 2.36. The van der Waals surface area contributed by atoms with E-state index in [-0.39, 0.29) is 5.82 Å². The van der Waals surface area contributed by atoms with Crippen LogP contribution < -0.4 is 15.8 Å². The van der Waals surface area contributed by atoms with Crippen molar-refractivity contribution in [2.45, 2.75) is 38.0 Å². The first-order valence-corrected chi connectivity index (χ1v) is 11.7. The van der Waals surface area contributed by atoms with Gasteiger partial charge in [0.05, 0.1) is 13.2 Å². The molecule has 5 rings (SSSR count). The fourth-order valence-corrected chi connectivity index (χ4v) is 4.37. The lowest BCUT2D eigenvalue weighted by Gasteiger charge is -2.20. The Balaban J connectivity index is 1.47. The van der Waals surface area contributed by atoms with E-state index in [1.165, 1.54) is 10.9 Å². The first-order chi connectivity index (χ1) is 17.5. The van der Waals surface area contributed by atoms with Crippen LogP contribution in [0.5, 0.6) is 5.75 Å². The number of nitrogens with zero attached hydrogens (tertiary/aromatic N) is 4. The van der Waals surface area contributed by atoms with Gasteiger partial charge in [-0.2, -0.15) is 0 Å². The van der Waals surface area contributed by atoms with Crippen LogP contribution >= 0.6 is 0 Å². The third-order valence-corrected chi connectivity index (χ3v) is 6.16. The molecule has 188 valence electrons. The van der Waals surface area contributed by atoms with Gasteiger partial charge in [-0.15, -0.1) is 0 Å². The van der Waals surface area contributed by atoms with Crippen LogP contribution in [0.4, 0.5) is 11.8 Å². The fraction of sp³-hybridized carbons (Fsp3) is 0.320. The summed E-state index contributed by atoms with van der Waals surface area (Å²) in [7, 11) is 0. The highest BCUT2D eigenvalue weighted by atomic mass is 16.6. The normalized spacial score (nSPS) is 21.7. The Bertz CT molecular complexity index is 1350. The molecule has 0 aliphatic carbocycles. The van der Waals surface area contributed by atoms with Gasteiger partial charge in [0.1, 0.15) is 30.4 Å². The topological polar surface area (TPSA) is 161 Å². The molecule has 0 bridgehead atoms.